The second-order valence-corrected chi connectivity index (χ2v) is 1.67. The Labute approximate surface area is 52.2 Å². The van der Waals surface area contributed by atoms with E-state index in [1.54, 1.807) is 6.92 Å². The molecule has 0 heterocycles. The number of carboxylic acid groups (broad SMARTS) is 1. The van der Waals surface area contributed by atoms with Crippen LogP contribution in [0.25, 0.3) is 0 Å². The average Bonchev–Trinajstić information content (AvgIpc) is 1.63. The van der Waals surface area contributed by atoms with E-state index in [-0.39, 0.29) is 6.42 Å². The maximum atomic E-state index is 9.89. The van der Waals surface area contributed by atoms with Crippen LogP contribution in [0.5, 0.6) is 0 Å². The number of aliphatic carboxylic acids is 1. The van der Waals surface area contributed by atoms with Crippen molar-refractivity contribution in [2.45, 2.75) is 19.4 Å². The lowest BCUT2D eigenvalue weighted by atomic mass is 10.2. The van der Waals surface area contributed by atoms with Gasteiger partial charge in [0.15, 0.2) is 0 Å². The van der Waals surface area contributed by atoms with Gasteiger partial charge in [0.25, 0.3) is 0 Å². The fourth-order valence-electron chi connectivity index (χ4n) is 0.388. The number of carboxylic acids is 1. The highest BCUT2D eigenvalue weighted by Crippen LogP contribution is 1.93. The lowest BCUT2D eigenvalue weighted by Crippen LogP contribution is -2.05. The molecule has 0 aliphatic carbocycles. The van der Waals surface area contributed by atoms with E-state index < -0.39 is 12.0 Å². The maximum Gasteiger partial charge on any atom is 0.305 e. The number of rotatable bonds is 3. The molecule has 4 heteroatoms. The van der Waals surface area contributed by atoms with Crippen LogP contribution in [0, 0.1) is 0 Å². The van der Waals surface area contributed by atoms with Gasteiger partial charge in [-0.2, -0.15) is 0 Å². The molecule has 1 unspecified atom stereocenters. The van der Waals surface area contributed by atoms with Crippen molar-refractivity contribution in [2.75, 3.05) is 0 Å². The minimum absolute atomic E-state index is 0.116. The van der Waals surface area contributed by atoms with Crippen molar-refractivity contribution in [3.8, 4) is 0 Å². The fraction of sp³-hybridized carbons (Fsp3) is 0.600. The molecule has 0 aliphatic heterocycles. The van der Waals surface area contributed by atoms with E-state index in [0.29, 0.717) is 0 Å². The first-order valence-electron chi connectivity index (χ1n) is 2.45. The van der Waals surface area contributed by atoms with Crippen LogP contribution < -0.4 is 0 Å². The third-order valence-electron chi connectivity index (χ3n) is 0.743. The molecule has 0 rings (SSSR count). The lowest BCUT2D eigenvalue weighted by molar-refractivity contribution is -0.137. The number of hydrogen-bond acceptors (Lipinski definition) is 3. The quantitative estimate of drug-likeness (QED) is 0.436. The van der Waals surface area contributed by atoms with Crippen molar-refractivity contribution in [1.82, 2.24) is 0 Å². The van der Waals surface area contributed by atoms with Crippen molar-refractivity contribution in [3.05, 3.63) is 0 Å². The smallest absolute Gasteiger partial charge is 0.305 e. The largest absolute Gasteiger partial charge is 0.481 e. The predicted molar refractivity (Wildman–Crippen MR) is 29.8 cm³/mol. The number of aliphatic imine (C=N–C) groups is 1. The summed E-state index contributed by atoms with van der Waals surface area (Å²) < 4.78 is 0. The van der Waals surface area contributed by atoms with Gasteiger partial charge in [-0.3, -0.25) is 4.79 Å². The van der Waals surface area contributed by atoms with Gasteiger partial charge in [0.1, 0.15) is 0 Å². The van der Waals surface area contributed by atoms with Crippen LogP contribution >= 0.6 is 0 Å². The van der Waals surface area contributed by atoms with Gasteiger partial charge in [0.05, 0.1) is 12.5 Å². The highest BCUT2D eigenvalue weighted by molar-refractivity contribution is 5.67. The van der Waals surface area contributed by atoms with Gasteiger partial charge < -0.3 is 5.11 Å². The van der Waals surface area contributed by atoms with Gasteiger partial charge in [-0.15, -0.1) is 0 Å². The Bertz CT molecular complexity index is 148. The van der Waals surface area contributed by atoms with Crippen LogP contribution in [0.3, 0.4) is 0 Å². The highest BCUT2D eigenvalue weighted by Gasteiger charge is 2.03. The van der Waals surface area contributed by atoms with Crippen molar-refractivity contribution in [2.24, 2.45) is 4.99 Å². The molecule has 50 valence electrons. The summed E-state index contributed by atoms with van der Waals surface area (Å²) >= 11 is 0. The number of hydrogen-bond donors (Lipinski definition) is 1. The molecular formula is C5H7NO3. The van der Waals surface area contributed by atoms with Crippen molar-refractivity contribution >= 4 is 12.0 Å². The topological polar surface area (TPSA) is 66.7 Å². The molecule has 1 atom stereocenters. The molecule has 0 radical (unpaired) electrons. The molecule has 0 amide bonds. The molecule has 4 nitrogen and oxygen atoms in total. The summed E-state index contributed by atoms with van der Waals surface area (Å²) in [5.74, 6) is -0.957. The zero-order valence-corrected chi connectivity index (χ0v) is 5.00. The number of isocyanates is 1. The van der Waals surface area contributed by atoms with Crippen molar-refractivity contribution in [3.63, 3.8) is 0 Å². The second kappa shape index (κ2) is 3.80. The van der Waals surface area contributed by atoms with E-state index >= 15 is 0 Å². The van der Waals surface area contributed by atoms with E-state index in [4.69, 9.17) is 5.11 Å². The normalized spacial score (nSPS) is 11.7. The molecule has 0 aromatic heterocycles. The molecule has 0 spiro atoms. The Morgan fingerprint density at radius 1 is 1.89 bits per heavy atom. The summed E-state index contributed by atoms with van der Waals surface area (Å²) in [6.07, 6.45) is 1.17. The summed E-state index contributed by atoms with van der Waals surface area (Å²) in [5, 5.41) is 8.12. The van der Waals surface area contributed by atoms with Gasteiger partial charge in [0, 0.05) is 0 Å². The third-order valence-corrected chi connectivity index (χ3v) is 0.743. The molecular weight excluding hydrogens is 122 g/mol. The highest BCUT2D eigenvalue weighted by atomic mass is 16.4. The van der Waals surface area contributed by atoms with Gasteiger partial charge in [-0.1, -0.05) is 0 Å². The van der Waals surface area contributed by atoms with Crippen LogP contribution in [0.4, 0.5) is 0 Å². The lowest BCUT2D eigenvalue weighted by Gasteiger charge is -1.94. The standard InChI is InChI=1S/C5H7NO3/c1-4(6-3-7)2-5(8)9/h4H,2H2,1H3,(H,8,9). The van der Waals surface area contributed by atoms with Crippen LogP contribution in [-0.2, 0) is 9.59 Å². The Hall–Kier alpha value is -1.15. The van der Waals surface area contributed by atoms with Crippen LogP contribution in [0.2, 0.25) is 0 Å². The molecule has 0 aromatic carbocycles. The molecule has 0 aliphatic rings. The Kier molecular flexibility index (Phi) is 3.32. The zero-order valence-electron chi connectivity index (χ0n) is 5.00. The van der Waals surface area contributed by atoms with E-state index in [9.17, 15) is 9.59 Å². The molecule has 0 fully saturated rings. The first kappa shape index (κ1) is 7.85. The second-order valence-electron chi connectivity index (χ2n) is 1.67. The van der Waals surface area contributed by atoms with E-state index in [0.717, 1.165) is 0 Å². The summed E-state index contributed by atoms with van der Waals surface area (Å²) in [4.78, 5) is 22.6. The Morgan fingerprint density at radius 2 is 2.44 bits per heavy atom. The number of carbonyl (C=O) groups is 1. The summed E-state index contributed by atoms with van der Waals surface area (Å²) in [6.45, 7) is 1.54. The van der Waals surface area contributed by atoms with Gasteiger partial charge in [-0.25, -0.2) is 9.79 Å². The number of nitrogens with zero attached hydrogens (tertiary/aromatic N) is 1. The number of carbonyl (C=O) groups excluding carboxylic acids is 1. The average molecular weight is 129 g/mol. The van der Waals surface area contributed by atoms with Crippen LogP contribution in [0.1, 0.15) is 13.3 Å². The molecule has 0 aromatic rings. The minimum atomic E-state index is -0.957. The van der Waals surface area contributed by atoms with Crippen LogP contribution in [-0.4, -0.2) is 23.2 Å². The first-order chi connectivity index (χ1) is 4.16. The monoisotopic (exact) mass is 129 g/mol. The maximum absolute atomic E-state index is 9.89. The molecule has 0 bridgehead atoms. The van der Waals surface area contributed by atoms with E-state index in [2.05, 4.69) is 4.99 Å². The van der Waals surface area contributed by atoms with E-state index in [1.807, 2.05) is 0 Å². The summed E-state index contributed by atoms with van der Waals surface area (Å²) in [5.41, 5.74) is 0. The molecule has 1 N–H and O–H groups in total. The minimum Gasteiger partial charge on any atom is -0.481 e. The van der Waals surface area contributed by atoms with E-state index in [1.165, 1.54) is 6.08 Å². The molecule has 0 saturated heterocycles. The zero-order chi connectivity index (χ0) is 7.28. The predicted octanol–water partition coefficient (Wildman–Crippen LogP) is 0.185. The SMILES string of the molecule is CC(CC(=O)O)N=C=O. The van der Waals surface area contributed by atoms with Crippen molar-refractivity contribution in [1.29, 1.82) is 0 Å². The first-order valence-corrected chi connectivity index (χ1v) is 2.45. The van der Waals surface area contributed by atoms with Crippen molar-refractivity contribution < 1.29 is 14.7 Å². The Balaban J connectivity index is 3.62. The summed E-state index contributed by atoms with van der Waals surface area (Å²) in [6, 6.07) is -0.458. The van der Waals surface area contributed by atoms with Crippen LogP contribution in [0.15, 0.2) is 4.99 Å². The Morgan fingerprint density at radius 3 is 2.78 bits per heavy atom. The molecule has 9 heavy (non-hydrogen) atoms. The third kappa shape index (κ3) is 4.71. The van der Waals surface area contributed by atoms with Gasteiger partial charge >= 0.3 is 5.97 Å². The molecule has 0 saturated carbocycles. The summed E-state index contributed by atoms with van der Waals surface area (Å²) in [7, 11) is 0. The van der Waals surface area contributed by atoms with Gasteiger partial charge in [-0.05, 0) is 6.92 Å². The van der Waals surface area contributed by atoms with Gasteiger partial charge in [0.2, 0.25) is 6.08 Å². The fourth-order valence-corrected chi connectivity index (χ4v) is 0.388.